The molecule has 2 aromatic rings. The van der Waals surface area contributed by atoms with Crippen molar-refractivity contribution in [1.82, 2.24) is 20.1 Å². The molecular weight excluding hydrogens is 382 g/mol. The molecule has 1 aromatic heterocycles. The molecule has 0 bridgehead atoms. The van der Waals surface area contributed by atoms with Crippen LogP contribution in [0.25, 0.3) is 10.9 Å². The number of benzene rings is 1. The van der Waals surface area contributed by atoms with Crippen molar-refractivity contribution in [2.75, 3.05) is 13.1 Å². The molecule has 3 amide bonds. The molecule has 29 heavy (non-hydrogen) atoms. The first-order valence-electron chi connectivity index (χ1n) is 9.66. The van der Waals surface area contributed by atoms with E-state index >= 15 is 0 Å². The molecular formula is C20H24F2N4O3. The number of carbonyl (C=O) groups is 2. The number of aromatic nitrogens is 1. The quantitative estimate of drug-likeness (QED) is 0.724. The number of nitrogens with zero attached hydrogens (tertiary/aromatic N) is 2. The van der Waals surface area contributed by atoms with E-state index in [0.717, 1.165) is 22.2 Å². The van der Waals surface area contributed by atoms with Gasteiger partial charge in [0.15, 0.2) is 0 Å². The third kappa shape index (κ3) is 3.23. The van der Waals surface area contributed by atoms with E-state index in [9.17, 15) is 18.4 Å². The Bertz CT molecular complexity index is 974. The molecule has 1 aromatic carbocycles. The first kappa shape index (κ1) is 19.6. The Labute approximate surface area is 167 Å². The molecule has 2 N–H and O–H groups in total. The van der Waals surface area contributed by atoms with Crippen molar-refractivity contribution < 1.29 is 23.1 Å². The highest BCUT2D eigenvalue weighted by Gasteiger charge is 2.56. The van der Waals surface area contributed by atoms with Crippen molar-refractivity contribution in [3.05, 3.63) is 29.5 Å². The highest BCUT2D eigenvalue weighted by atomic mass is 19.3. The van der Waals surface area contributed by atoms with E-state index in [1.54, 1.807) is 24.0 Å². The normalized spacial score (nSPS) is 21.5. The van der Waals surface area contributed by atoms with Gasteiger partial charge in [-0.05, 0) is 30.7 Å². The van der Waals surface area contributed by atoms with Gasteiger partial charge in [-0.1, -0.05) is 13.8 Å². The number of ether oxygens (including phenoxy) is 1. The standard InChI is InChI=1S/C20H24F2N4O3/c1-11(2)23-6-7-25-17(27)20(3)9-14-13-8-12(29-18(21)22)4-5-15(13)24-16(14)10-26(20)19(25)28/h4-5,8,11,18,23-24H,6-7,9-10H2,1-3H3/t20-/m0/s1. The first-order valence-corrected chi connectivity index (χ1v) is 9.66. The molecule has 1 atom stereocenters. The van der Waals surface area contributed by atoms with E-state index in [1.807, 2.05) is 13.8 Å². The van der Waals surface area contributed by atoms with Crippen LogP contribution in [0.4, 0.5) is 13.6 Å². The number of amides is 3. The van der Waals surface area contributed by atoms with E-state index in [1.165, 1.54) is 11.0 Å². The molecule has 9 heteroatoms. The molecule has 1 saturated heterocycles. The van der Waals surface area contributed by atoms with Crippen LogP contribution >= 0.6 is 0 Å². The van der Waals surface area contributed by atoms with Crippen molar-refractivity contribution >= 4 is 22.8 Å². The average molecular weight is 406 g/mol. The second-order valence-corrected chi connectivity index (χ2v) is 8.05. The Morgan fingerprint density at radius 3 is 2.76 bits per heavy atom. The number of halogens is 2. The predicted octanol–water partition coefficient (Wildman–Crippen LogP) is 2.85. The van der Waals surface area contributed by atoms with E-state index < -0.39 is 12.2 Å². The fourth-order valence-corrected chi connectivity index (χ4v) is 4.22. The summed E-state index contributed by atoms with van der Waals surface area (Å²) in [5, 5.41) is 3.95. The summed E-state index contributed by atoms with van der Waals surface area (Å²) in [5.41, 5.74) is 1.45. The van der Waals surface area contributed by atoms with Crippen molar-refractivity contribution in [3.63, 3.8) is 0 Å². The van der Waals surface area contributed by atoms with Gasteiger partial charge in [-0.15, -0.1) is 0 Å². The van der Waals surface area contributed by atoms with Gasteiger partial charge in [-0.3, -0.25) is 9.69 Å². The van der Waals surface area contributed by atoms with Crippen LogP contribution in [0.3, 0.4) is 0 Å². The maximum absolute atomic E-state index is 13.1. The van der Waals surface area contributed by atoms with Crippen LogP contribution < -0.4 is 10.1 Å². The third-order valence-electron chi connectivity index (χ3n) is 5.68. The first-order chi connectivity index (χ1) is 13.7. The topological polar surface area (TPSA) is 77.7 Å². The molecule has 2 aliphatic rings. The van der Waals surface area contributed by atoms with Gasteiger partial charge in [0.1, 0.15) is 11.3 Å². The number of urea groups is 1. The van der Waals surface area contributed by atoms with Gasteiger partial charge >= 0.3 is 12.6 Å². The van der Waals surface area contributed by atoms with E-state index in [0.29, 0.717) is 19.5 Å². The zero-order chi connectivity index (χ0) is 20.9. The number of fused-ring (bicyclic) bond motifs is 4. The lowest BCUT2D eigenvalue weighted by atomic mass is 9.86. The van der Waals surface area contributed by atoms with Gasteiger partial charge in [0.05, 0.1) is 6.54 Å². The smallest absolute Gasteiger partial charge is 0.387 e. The molecule has 0 radical (unpaired) electrons. The Kier molecular flexibility index (Phi) is 4.72. The number of nitrogens with one attached hydrogen (secondary N) is 2. The van der Waals surface area contributed by atoms with Gasteiger partial charge in [0.2, 0.25) is 0 Å². The molecule has 0 saturated carbocycles. The summed E-state index contributed by atoms with van der Waals surface area (Å²) in [6.07, 6.45) is 0.319. The summed E-state index contributed by atoms with van der Waals surface area (Å²) < 4.78 is 29.7. The van der Waals surface area contributed by atoms with Crippen LogP contribution in [-0.2, 0) is 17.8 Å². The van der Waals surface area contributed by atoms with Crippen LogP contribution in [0.1, 0.15) is 32.0 Å². The van der Waals surface area contributed by atoms with Gasteiger partial charge in [0, 0.05) is 42.1 Å². The second-order valence-electron chi connectivity index (χ2n) is 8.05. The average Bonchev–Trinajstić information content (AvgIpc) is 3.07. The summed E-state index contributed by atoms with van der Waals surface area (Å²) in [6, 6.07) is 4.66. The molecule has 156 valence electrons. The van der Waals surface area contributed by atoms with Gasteiger partial charge in [0.25, 0.3) is 5.91 Å². The molecule has 2 aliphatic heterocycles. The number of rotatable bonds is 6. The van der Waals surface area contributed by atoms with E-state index in [2.05, 4.69) is 15.0 Å². The van der Waals surface area contributed by atoms with E-state index in [4.69, 9.17) is 0 Å². The van der Waals surface area contributed by atoms with Crippen molar-refractivity contribution in [2.24, 2.45) is 0 Å². The summed E-state index contributed by atoms with van der Waals surface area (Å²) in [7, 11) is 0. The zero-order valence-electron chi connectivity index (χ0n) is 16.6. The Morgan fingerprint density at radius 2 is 2.07 bits per heavy atom. The molecule has 3 heterocycles. The lowest BCUT2D eigenvalue weighted by molar-refractivity contribution is -0.132. The molecule has 0 unspecified atom stereocenters. The fourth-order valence-electron chi connectivity index (χ4n) is 4.22. The molecule has 7 nitrogen and oxygen atoms in total. The van der Waals surface area contributed by atoms with Gasteiger partial charge in [-0.25, -0.2) is 4.79 Å². The van der Waals surface area contributed by atoms with Crippen LogP contribution in [0.15, 0.2) is 18.2 Å². The largest absolute Gasteiger partial charge is 0.435 e. The van der Waals surface area contributed by atoms with Crippen molar-refractivity contribution in [2.45, 2.75) is 51.9 Å². The highest BCUT2D eigenvalue weighted by molar-refractivity contribution is 6.07. The number of carbonyl (C=O) groups excluding carboxylic acids is 2. The summed E-state index contributed by atoms with van der Waals surface area (Å²) in [4.78, 5) is 32.2. The van der Waals surface area contributed by atoms with Crippen molar-refractivity contribution in [1.29, 1.82) is 0 Å². The maximum atomic E-state index is 13.1. The van der Waals surface area contributed by atoms with Crippen LogP contribution in [0.2, 0.25) is 0 Å². The molecule has 1 fully saturated rings. The van der Waals surface area contributed by atoms with Crippen LogP contribution in [-0.4, -0.2) is 58.0 Å². The second kappa shape index (κ2) is 6.98. The number of alkyl halides is 2. The Morgan fingerprint density at radius 1 is 1.31 bits per heavy atom. The third-order valence-corrected chi connectivity index (χ3v) is 5.68. The summed E-state index contributed by atoms with van der Waals surface area (Å²) in [5.74, 6) is -0.162. The highest BCUT2D eigenvalue weighted by Crippen LogP contribution is 2.41. The lowest BCUT2D eigenvalue weighted by Crippen LogP contribution is -2.51. The Hall–Kier alpha value is -2.68. The molecule has 0 spiro atoms. The van der Waals surface area contributed by atoms with Crippen LogP contribution in [0, 0.1) is 0 Å². The summed E-state index contributed by atoms with van der Waals surface area (Å²) >= 11 is 0. The molecule has 4 rings (SSSR count). The Balaban J connectivity index is 1.64. The lowest BCUT2D eigenvalue weighted by Gasteiger charge is -2.35. The minimum absolute atomic E-state index is 0.0668. The van der Waals surface area contributed by atoms with Gasteiger partial charge in [-0.2, -0.15) is 8.78 Å². The van der Waals surface area contributed by atoms with Crippen molar-refractivity contribution in [3.8, 4) is 5.75 Å². The zero-order valence-corrected chi connectivity index (χ0v) is 16.6. The molecule has 0 aliphatic carbocycles. The number of aromatic amines is 1. The SMILES string of the molecule is CC(C)NCCN1C(=O)N2Cc3[nH]c4ccc(OC(F)F)cc4c3C[C@@]2(C)C1=O. The van der Waals surface area contributed by atoms with Gasteiger partial charge < -0.3 is 19.9 Å². The monoisotopic (exact) mass is 406 g/mol. The number of imide groups is 1. The fraction of sp³-hybridized carbons (Fsp3) is 0.500. The number of H-pyrrole nitrogens is 1. The maximum Gasteiger partial charge on any atom is 0.387 e. The minimum Gasteiger partial charge on any atom is -0.435 e. The predicted molar refractivity (Wildman–Crippen MR) is 103 cm³/mol. The summed E-state index contributed by atoms with van der Waals surface area (Å²) in [6.45, 7) is 3.97. The van der Waals surface area contributed by atoms with Crippen LogP contribution in [0.5, 0.6) is 5.75 Å². The minimum atomic E-state index is -2.91. The number of hydrogen-bond acceptors (Lipinski definition) is 4. The number of hydrogen-bond donors (Lipinski definition) is 2. The van der Waals surface area contributed by atoms with E-state index in [-0.39, 0.29) is 30.3 Å².